The third-order valence-corrected chi connectivity index (χ3v) is 15.9. The van der Waals surface area contributed by atoms with Crippen LogP contribution in [0.2, 0.25) is 0 Å². The highest BCUT2D eigenvalue weighted by Gasteiger charge is 2.19. The highest BCUT2D eigenvalue weighted by atomic mass is 16.6. The number of carbonyl (C=O) groups excluding carboxylic acids is 3. The normalized spacial score (nSPS) is 12.5. The first-order valence-corrected chi connectivity index (χ1v) is 35.9. The Labute approximate surface area is 510 Å². The molecule has 0 spiro atoms. The van der Waals surface area contributed by atoms with E-state index in [0.29, 0.717) is 19.3 Å². The maximum Gasteiger partial charge on any atom is 0.306 e. The fourth-order valence-electron chi connectivity index (χ4n) is 10.6. The maximum atomic E-state index is 13.0. The van der Waals surface area contributed by atoms with Crippen LogP contribution in [-0.4, -0.2) is 37.2 Å². The monoisotopic (exact) mass is 1150 g/mol. The van der Waals surface area contributed by atoms with Crippen LogP contribution in [0, 0.1) is 0 Å². The number of allylic oxidation sites excluding steroid dienone is 12. The van der Waals surface area contributed by atoms with Gasteiger partial charge in [0.2, 0.25) is 0 Å². The molecule has 0 aliphatic heterocycles. The van der Waals surface area contributed by atoms with Crippen LogP contribution in [-0.2, 0) is 28.6 Å². The van der Waals surface area contributed by atoms with Crippen LogP contribution < -0.4 is 0 Å². The molecule has 0 saturated carbocycles. The second-order valence-electron chi connectivity index (χ2n) is 24.1. The Bertz CT molecular complexity index is 1500. The zero-order chi connectivity index (χ0) is 59.2. The predicted octanol–water partition coefficient (Wildman–Crippen LogP) is 24.8. The van der Waals surface area contributed by atoms with Crippen molar-refractivity contribution in [3.05, 3.63) is 72.9 Å². The Balaban J connectivity index is 4.29. The van der Waals surface area contributed by atoms with Gasteiger partial charge in [-0.1, -0.05) is 338 Å². The Morgan fingerprint density at radius 1 is 0.256 bits per heavy atom. The van der Waals surface area contributed by atoms with Gasteiger partial charge in [-0.2, -0.15) is 0 Å². The summed E-state index contributed by atoms with van der Waals surface area (Å²) in [7, 11) is 0. The Morgan fingerprint density at radius 2 is 0.476 bits per heavy atom. The number of hydrogen-bond donors (Lipinski definition) is 0. The topological polar surface area (TPSA) is 78.9 Å². The van der Waals surface area contributed by atoms with E-state index in [2.05, 4.69) is 93.7 Å². The third kappa shape index (κ3) is 67.6. The van der Waals surface area contributed by atoms with Crippen molar-refractivity contribution in [1.82, 2.24) is 0 Å². The molecule has 6 heteroatoms. The maximum absolute atomic E-state index is 13.0. The molecule has 0 aromatic carbocycles. The van der Waals surface area contributed by atoms with E-state index in [1.807, 2.05) is 0 Å². The molecule has 0 amide bonds. The highest BCUT2D eigenvalue weighted by molar-refractivity contribution is 5.71. The van der Waals surface area contributed by atoms with Crippen molar-refractivity contribution in [3.63, 3.8) is 0 Å². The minimum atomic E-state index is -0.781. The lowest BCUT2D eigenvalue weighted by atomic mass is 10.0. The number of hydrogen-bond acceptors (Lipinski definition) is 6. The molecular weight excluding hydrogens is 1010 g/mol. The minimum absolute atomic E-state index is 0.0777. The quantitative estimate of drug-likeness (QED) is 0.0261. The van der Waals surface area contributed by atoms with Gasteiger partial charge in [0.1, 0.15) is 13.2 Å². The molecule has 0 aliphatic rings. The first-order chi connectivity index (χ1) is 40.5. The zero-order valence-electron chi connectivity index (χ0n) is 54.8. The molecule has 0 heterocycles. The van der Waals surface area contributed by atoms with Crippen molar-refractivity contribution in [2.45, 2.75) is 380 Å². The molecule has 82 heavy (non-hydrogen) atoms. The number of rotatable bonds is 66. The Hall–Kier alpha value is -3.15. The second-order valence-corrected chi connectivity index (χ2v) is 24.1. The van der Waals surface area contributed by atoms with Gasteiger partial charge in [0.05, 0.1) is 0 Å². The first kappa shape index (κ1) is 78.8. The Morgan fingerprint density at radius 3 is 0.756 bits per heavy atom. The Kier molecular flexibility index (Phi) is 67.6. The summed E-state index contributed by atoms with van der Waals surface area (Å²) in [4.78, 5) is 38.5. The van der Waals surface area contributed by atoms with Gasteiger partial charge in [0.25, 0.3) is 0 Å². The van der Waals surface area contributed by atoms with Crippen molar-refractivity contribution in [2.24, 2.45) is 0 Å². The highest BCUT2D eigenvalue weighted by Crippen LogP contribution is 2.18. The van der Waals surface area contributed by atoms with Crippen LogP contribution in [0.5, 0.6) is 0 Å². The minimum Gasteiger partial charge on any atom is -0.462 e. The summed E-state index contributed by atoms with van der Waals surface area (Å²) in [5.41, 5.74) is 0. The standard InChI is InChI=1S/C76H136O6/c1-4-7-10-13-16-19-22-25-28-30-32-34-36-38-40-42-44-46-48-51-54-57-60-63-66-69-75(78)81-72-73(71-80-74(77)68-65-62-59-56-53-50-27-24-21-18-15-12-9-6-3)82-76(79)70-67-64-61-58-55-52-49-47-45-43-41-39-37-35-33-31-29-26-23-20-17-14-11-8-5-2/h7,10,16,19,24-25,27-28,32,34,38,40,73H,4-6,8-9,11-15,17-18,20-23,26,29-31,33,35-37,39,41-72H2,1-3H3/b10-7-,19-16-,27-24-,28-25-,34-32-,40-38-. The van der Waals surface area contributed by atoms with Crippen LogP contribution in [0.1, 0.15) is 374 Å². The zero-order valence-corrected chi connectivity index (χ0v) is 54.8. The van der Waals surface area contributed by atoms with E-state index in [0.717, 1.165) is 103 Å². The summed E-state index contributed by atoms with van der Waals surface area (Å²) in [6.07, 6.45) is 92.2. The number of carbonyl (C=O) groups is 3. The summed E-state index contributed by atoms with van der Waals surface area (Å²) < 4.78 is 17.0. The van der Waals surface area contributed by atoms with Crippen LogP contribution in [0.4, 0.5) is 0 Å². The van der Waals surface area contributed by atoms with E-state index in [9.17, 15) is 14.4 Å². The van der Waals surface area contributed by atoms with Crippen LogP contribution >= 0.6 is 0 Å². The molecule has 0 radical (unpaired) electrons. The van der Waals surface area contributed by atoms with Crippen molar-refractivity contribution in [3.8, 4) is 0 Å². The predicted molar refractivity (Wildman–Crippen MR) is 358 cm³/mol. The molecule has 0 fully saturated rings. The van der Waals surface area contributed by atoms with Gasteiger partial charge in [-0.3, -0.25) is 14.4 Å². The van der Waals surface area contributed by atoms with Gasteiger partial charge in [0.15, 0.2) is 6.10 Å². The van der Waals surface area contributed by atoms with Gasteiger partial charge in [-0.15, -0.1) is 0 Å². The SMILES string of the molecule is CC/C=C\C/C=C\C/C=C\C/C=C\C/C=C\CCCCCCCCCCCC(=O)OCC(COC(=O)CCCCCCC/C=C\CCCCCCC)OC(=O)CCCCCCCCCCCCCCCCCCCCCCCCCCC. The smallest absolute Gasteiger partial charge is 0.306 e. The van der Waals surface area contributed by atoms with Gasteiger partial charge in [-0.05, 0) is 89.9 Å². The molecule has 0 aromatic heterocycles. The largest absolute Gasteiger partial charge is 0.462 e. The summed E-state index contributed by atoms with van der Waals surface area (Å²) in [6, 6.07) is 0. The molecule has 0 aromatic rings. The van der Waals surface area contributed by atoms with Gasteiger partial charge in [0, 0.05) is 19.3 Å². The lowest BCUT2D eigenvalue weighted by Crippen LogP contribution is -2.30. The molecule has 476 valence electrons. The molecule has 0 bridgehead atoms. The van der Waals surface area contributed by atoms with E-state index in [1.165, 1.54) is 231 Å². The van der Waals surface area contributed by atoms with E-state index in [4.69, 9.17) is 14.2 Å². The first-order valence-electron chi connectivity index (χ1n) is 35.9. The van der Waals surface area contributed by atoms with Gasteiger partial charge < -0.3 is 14.2 Å². The van der Waals surface area contributed by atoms with Crippen LogP contribution in [0.15, 0.2) is 72.9 Å². The molecule has 0 aliphatic carbocycles. The average Bonchev–Trinajstić information content (AvgIpc) is 3.47. The van der Waals surface area contributed by atoms with Crippen molar-refractivity contribution >= 4 is 17.9 Å². The molecule has 1 atom stereocenters. The van der Waals surface area contributed by atoms with Crippen molar-refractivity contribution in [1.29, 1.82) is 0 Å². The molecule has 0 N–H and O–H groups in total. The summed E-state index contributed by atoms with van der Waals surface area (Å²) in [5, 5.41) is 0. The van der Waals surface area contributed by atoms with Crippen LogP contribution in [0.25, 0.3) is 0 Å². The van der Waals surface area contributed by atoms with E-state index < -0.39 is 6.10 Å². The van der Waals surface area contributed by atoms with Gasteiger partial charge in [-0.25, -0.2) is 0 Å². The number of esters is 3. The van der Waals surface area contributed by atoms with E-state index in [-0.39, 0.29) is 31.1 Å². The number of unbranched alkanes of at least 4 members (excludes halogenated alkanes) is 43. The van der Waals surface area contributed by atoms with E-state index in [1.54, 1.807) is 0 Å². The molecule has 0 saturated heterocycles. The van der Waals surface area contributed by atoms with Gasteiger partial charge >= 0.3 is 17.9 Å². The van der Waals surface area contributed by atoms with Crippen molar-refractivity contribution < 1.29 is 28.6 Å². The summed E-state index contributed by atoms with van der Waals surface area (Å²) >= 11 is 0. The lowest BCUT2D eigenvalue weighted by molar-refractivity contribution is -0.167. The van der Waals surface area contributed by atoms with Crippen molar-refractivity contribution in [2.75, 3.05) is 13.2 Å². The summed E-state index contributed by atoms with van der Waals surface area (Å²) in [6.45, 7) is 6.57. The lowest BCUT2D eigenvalue weighted by Gasteiger charge is -2.18. The molecule has 6 nitrogen and oxygen atoms in total. The third-order valence-electron chi connectivity index (χ3n) is 15.9. The second kappa shape index (κ2) is 70.3. The molecule has 0 rings (SSSR count). The van der Waals surface area contributed by atoms with Crippen LogP contribution in [0.3, 0.4) is 0 Å². The fourth-order valence-corrected chi connectivity index (χ4v) is 10.6. The fraction of sp³-hybridized carbons (Fsp3) is 0.803. The number of ether oxygens (including phenoxy) is 3. The van der Waals surface area contributed by atoms with E-state index >= 15 is 0 Å². The molecule has 1 unspecified atom stereocenters. The summed E-state index contributed by atoms with van der Waals surface area (Å²) in [5.74, 6) is -0.868. The average molecular weight is 1150 g/mol. The molecular formula is C76H136O6.